The monoisotopic (exact) mass is 269 g/mol. The fraction of sp³-hybridized carbons (Fsp3) is 0.250. The predicted molar refractivity (Wildman–Crippen MR) is 64.9 cm³/mol. The number of amides is 1. The van der Waals surface area contributed by atoms with Crippen LogP contribution in [0.4, 0.5) is 3.89 Å². The molecule has 0 aliphatic carbocycles. The maximum absolute atomic E-state index is 12.6. The third kappa shape index (κ3) is 4.97. The van der Waals surface area contributed by atoms with Crippen LogP contribution in [0.3, 0.4) is 0 Å². The van der Waals surface area contributed by atoms with Gasteiger partial charge in [0.15, 0.2) is 0 Å². The van der Waals surface area contributed by atoms with Gasteiger partial charge in [-0.1, -0.05) is 11.8 Å². The lowest BCUT2D eigenvalue weighted by molar-refractivity contribution is -0.118. The van der Waals surface area contributed by atoms with Crippen molar-refractivity contribution in [1.82, 2.24) is 5.32 Å². The van der Waals surface area contributed by atoms with Gasteiger partial charge in [-0.05, 0) is 24.3 Å². The minimum atomic E-state index is -4.65. The van der Waals surface area contributed by atoms with Crippen LogP contribution in [0, 0.1) is 11.8 Å². The van der Waals surface area contributed by atoms with Gasteiger partial charge in [0.1, 0.15) is 0 Å². The van der Waals surface area contributed by atoms with Crippen molar-refractivity contribution >= 4 is 16.1 Å². The van der Waals surface area contributed by atoms with Gasteiger partial charge in [-0.2, -0.15) is 8.42 Å². The molecule has 0 radical (unpaired) electrons. The zero-order chi connectivity index (χ0) is 13.6. The molecule has 0 bridgehead atoms. The van der Waals surface area contributed by atoms with Crippen molar-refractivity contribution in [3.8, 4) is 11.8 Å². The molecule has 0 spiro atoms. The van der Waals surface area contributed by atoms with Crippen LogP contribution in [-0.4, -0.2) is 20.9 Å². The lowest BCUT2D eigenvalue weighted by atomic mass is 10.2. The minimum absolute atomic E-state index is 0.116. The molecule has 96 valence electrons. The molecule has 1 aromatic carbocycles. The Hall–Kier alpha value is -1.87. The fourth-order valence-electron chi connectivity index (χ4n) is 1.17. The van der Waals surface area contributed by atoms with Gasteiger partial charge in [0, 0.05) is 25.5 Å². The average molecular weight is 269 g/mol. The quantitative estimate of drug-likeness (QED) is 0.510. The standard InChI is InChI=1S/C12H12FNO3S/c1-10(15)14-9-3-2-4-11-5-7-12(8-6-11)18(13,16)17/h5-8H,3,9H2,1H3,(H,14,15). The smallest absolute Gasteiger partial charge is 0.332 e. The second-order valence-electron chi connectivity index (χ2n) is 3.50. The summed E-state index contributed by atoms with van der Waals surface area (Å²) in [5, 5.41) is 2.59. The lowest BCUT2D eigenvalue weighted by Crippen LogP contribution is -2.20. The van der Waals surface area contributed by atoms with E-state index < -0.39 is 10.2 Å². The molecule has 0 aliphatic rings. The Labute approximate surface area is 105 Å². The van der Waals surface area contributed by atoms with Crippen LogP contribution in [0.25, 0.3) is 0 Å². The molecule has 1 N–H and O–H groups in total. The summed E-state index contributed by atoms with van der Waals surface area (Å²) in [6.07, 6.45) is 0.489. The Balaban J connectivity index is 2.59. The fourth-order valence-corrected chi connectivity index (χ4v) is 1.63. The Kier molecular flexibility index (Phi) is 4.86. The summed E-state index contributed by atoms with van der Waals surface area (Å²) < 4.78 is 33.7. The first-order chi connectivity index (χ1) is 8.39. The lowest BCUT2D eigenvalue weighted by Gasteiger charge is -1.95. The van der Waals surface area contributed by atoms with E-state index in [9.17, 15) is 17.1 Å². The molecule has 4 nitrogen and oxygen atoms in total. The number of rotatable bonds is 3. The number of halogens is 1. The van der Waals surface area contributed by atoms with Crippen LogP contribution < -0.4 is 5.32 Å². The number of hydrogen-bond acceptors (Lipinski definition) is 3. The maximum Gasteiger partial charge on any atom is 0.332 e. The van der Waals surface area contributed by atoms with Crippen LogP contribution in [0.1, 0.15) is 18.9 Å². The molecule has 1 amide bonds. The normalized spacial score (nSPS) is 10.3. The molecule has 6 heteroatoms. The molecule has 0 fully saturated rings. The Morgan fingerprint density at radius 3 is 2.44 bits per heavy atom. The van der Waals surface area contributed by atoms with Gasteiger partial charge in [-0.25, -0.2) is 0 Å². The average Bonchev–Trinajstić information content (AvgIpc) is 2.27. The third-order valence-electron chi connectivity index (χ3n) is 1.99. The van der Waals surface area contributed by atoms with Gasteiger partial charge < -0.3 is 5.32 Å². The molecular weight excluding hydrogens is 257 g/mol. The third-order valence-corrected chi connectivity index (χ3v) is 2.83. The highest BCUT2D eigenvalue weighted by Gasteiger charge is 2.10. The van der Waals surface area contributed by atoms with E-state index in [1.165, 1.54) is 19.1 Å². The molecule has 1 aromatic rings. The van der Waals surface area contributed by atoms with Crippen LogP contribution in [0.5, 0.6) is 0 Å². The van der Waals surface area contributed by atoms with Gasteiger partial charge >= 0.3 is 10.2 Å². The number of nitrogens with one attached hydrogen (secondary N) is 1. The molecular formula is C12H12FNO3S. The van der Waals surface area contributed by atoms with E-state index in [1.807, 2.05) is 0 Å². The van der Waals surface area contributed by atoms with E-state index >= 15 is 0 Å². The summed E-state index contributed by atoms with van der Waals surface area (Å²) >= 11 is 0. The van der Waals surface area contributed by atoms with Gasteiger partial charge in [-0.15, -0.1) is 3.89 Å². The topological polar surface area (TPSA) is 63.2 Å². The highest BCUT2D eigenvalue weighted by molar-refractivity contribution is 7.86. The van der Waals surface area contributed by atoms with Crippen molar-refractivity contribution in [1.29, 1.82) is 0 Å². The van der Waals surface area contributed by atoms with Crippen LogP contribution in [-0.2, 0) is 15.0 Å². The summed E-state index contributed by atoms with van der Waals surface area (Å²) in [5.41, 5.74) is 0.588. The van der Waals surface area contributed by atoms with E-state index in [1.54, 1.807) is 0 Å². The summed E-state index contributed by atoms with van der Waals surface area (Å²) in [6, 6.07) is 5.18. The van der Waals surface area contributed by atoms with E-state index in [0.29, 0.717) is 18.5 Å². The van der Waals surface area contributed by atoms with Gasteiger partial charge in [-0.3, -0.25) is 4.79 Å². The number of carbonyl (C=O) groups excluding carboxylic acids is 1. The first-order valence-electron chi connectivity index (χ1n) is 5.17. The Morgan fingerprint density at radius 2 is 1.94 bits per heavy atom. The van der Waals surface area contributed by atoms with Crippen LogP contribution >= 0.6 is 0 Å². The van der Waals surface area contributed by atoms with Gasteiger partial charge in [0.25, 0.3) is 0 Å². The molecule has 0 saturated carbocycles. The van der Waals surface area contributed by atoms with E-state index in [0.717, 1.165) is 12.1 Å². The molecule has 0 heterocycles. The highest BCUT2D eigenvalue weighted by Crippen LogP contribution is 2.12. The molecule has 0 saturated heterocycles. The molecule has 1 rings (SSSR count). The van der Waals surface area contributed by atoms with Gasteiger partial charge in [0.2, 0.25) is 5.91 Å². The molecule has 0 aromatic heterocycles. The van der Waals surface area contributed by atoms with E-state index in [-0.39, 0.29) is 10.8 Å². The number of carbonyl (C=O) groups is 1. The summed E-state index contributed by atoms with van der Waals surface area (Å²) in [4.78, 5) is 10.2. The molecule has 18 heavy (non-hydrogen) atoms. The van der Waals surface area contributed by atoms with Crippen LogP contribution in [0.2, 0.25) is 0 Å². The number of benzene rings is 1. The second kappa shape index (κ2) is 6.17. The first kappa shape index (κ1) is 14.2. The minimum Gasteiger partial charge on any atom is -0.355 e. The van der Waals surface area contributed by atoms with Gasteiger partial charge in [0.05, 0.1) is 4.90 Å². The zero-order valence-corrected chi connectivity index (χ0v) is 10.6. The van der Waals surface area contributed by atoms with Crippen molar-refractivity contribution in [2.45, 2.75) is 18.2 Å². The molecule has 0 aliphatic heterocycles. The maximum atomic E-state index is 12.6. The van der Waals surface area contributed by atoms with Crippen molar-refractivity contribution in [2.24, 2.45) is 0 Å². The molecule has 0 atom stereocenters. The SMILES string of the molecule is CC(=O)NCCC#Cc1ccc(S(=O)(=O)F)cc1. The zero-order valence-electron chi connectivity index (χ0n) is 9.73. The van der Waals surface area contributed by atoms with Crippen molar-refractivity contribution in [3.05, 3.63) is 29.8 Å². The van der Waals surface area contributed by atoms with E-state index in [2.05, 4.69) is 17.2 Å². The number of hydrogen-bond donors (Lipinski definition) is 1. The summed E-state index contributed by atoms with van der Waals surface area (Å²) in [6.45, 7) is 1.88. The largest absolute Gasteiger partial charge is 0.355 e. The second-order valence-corrected chi connectivity index (χ2v) is 4.84. The first-order valence-corrected chi connectivity index (χ1v) is 6.56. The molecule has 0 unspecified atom stereocenters. The van der Waals surface area contributed by atoms with Crippen molar-refractivity contribution in [2.75, 3.05) is 6.54 Å². The van der Waals surface area contributed by atoms with Crippen molar-refractivity contribution in [3.63, 3.8) is 0 Å². The predicted octanol–water partition coefficient (Wildman–Crippen LogP) is 1.22. The highest BCUT2D eigenvalue weighted by atomic mass is 32.3. The van der Waals surface area contributed by atoms with E-state index in [4.69, 9.17) is 0 Å². The van der Waals surface area contributed by atoms with Crippen molar-refractivity contribution < 1.29 is 17.1 Å². The Morgan fingerprint density at radius 1 is 1.33 bits per heavy atom. The Bertz CT molecular complexity index is 582. The summed E-state index contributed by atoms with van der Waals surface area (Å²) in [7, 11) is -4.65. The summed E-state index contributed by atoms with van der Waals surface area (Å²) in [5.74, 6) is 5.47. The van der Waals surface area contributed by atoms with Crippen LogP contribution in [0.15, 0.2) is 29.2 Å².